The third-order valence-corrected chi connectivity index (χ3v) is 3.99. The Labute approximate surface area is 119 Å². The van der Waals surface area contributed by atoms with Crippen molar-refractivity contribution < 1.29 is 4.79 Å². The fraction of sp³-hybridized carbons (Fsp3) is 0.533. The van der Waals surface area contributed by atoms with Crippen LogP contribution in [0.1, 0.15) is 38.2 Å². The van der Waals surface area contributed by atoms with Crippen LogP contribution in [0, 0.1) is 5.92 Å². The molecule has 0 radical (unpaired) electrons. The molecule has 1 heterocycles. The van der Waals surface area contributed by atoms with Gasteiger partial charge in [0.05, 0.1) is 0 Å². The summed E-state index contributed by atoms with van der Waals surface area (Å²) < 4.78 is 0. The minimum atomic E-state index is 0.111. The molecule has 2 unspecified atom stereocenters. The fourth-order valence-electron chi connectivity index (χ4n) is 2.52. The molecule has 1 aliphatic heterocycles. The van der Waals surface area contributed by atoms with Crippen LogP contribution < -0.4 is 4.90 Å². The van der Waals surface area contributed by atoms with Crippen LogP contribution in [0.2, 0.25) is 0 Å². The van der Waals surface area contributed by atoms with E-state index in [9.17, 15) is 4.79 Å². The maximum absolute atomic E-state index is 12.0. The van der Waals surface area contributed by atoms with Crippen molar-refractivity contribution in [2.45, 2.75) is 32.6 Å². The zero-order chi connectivity index (χ0) is 14.5. The number of anilines is 1. The molecule has 1 aromatic carbocycles. The number of benzene rings is 1. The summed E-state index contributed by atoms with van der Waals surface area (Å²) in [5, 5.41) is 3.57. The van der Waals surface area contributed by atoms with Crippen LogP contribution in [0.5, 0.6) is 0 Å². The number of azide groups is 1. The number of carbonyl (C=O) groups is 1. The van der Waals surface area contributed by atoms with Crippen molar-refractivity contribution in [3.8, 4) is 0 Å². The van der Waals surface area contributed by atoms with Gasteiger partial charge in [-0.3, -0.25) is 4.79 Å². The van der Waals surface area contributed by atoms with E-state index in [1.165, 1.54) is 5.56 Å². The maximum atomic E-state index is 12.0. The lowest BCUT2D eigenvalue weighted by molar-refractivity contribution is -0.117. The first-order valence-corrected chi connectivity index (χ1v) is 7.06. The van der Waals surface area contributed by atoms with Gasteiger partial charge in [-0.1, -0.05) is 31.1 Å². The van der Waals surface area contributed by atoms with E-state index in [1.807, 2.05) is 12.1 Å². The van der Waals surface area contributed by atoms with Crippen LogP contribution in [0.15, 0.2) is 29.4 Å². The maximum Gasteiger partial charge on any atom is 0.227 e. The molecule has 0 bridgehead atoms. The molecule has 5 nitrogen and oxygen atoms in total. The Hall–Kier alpha value is -2.00. The molecule has 0 aliphatic carbocycles. The summed E-state index contributed by atoms with van der Waals surface area (Å²) in [5.41, 5.74) is 10.6. The number of nitrogens with zero attached hydrogens (tertiary/aromatic N) is 4. The Morgan fingerprint density at radius 1 is 1.45 bits per heavy atom. The Bertz CT molecular complexity index is 519. The molecule has 0 saturated carbocycles. The third kappa shape index (κ3) is 3.11. The van der Waals surface area contributed by atoms with E-state index in [0.717, 1.165) is 12.1 Å². The standard InChI is InChI=1S/C15H20N4O/c1-3-11(2)13-4-6-14(7-5-13)19-10-12(8-15(19)20)9-17-18-16/h4-7,11-12H,3,8-10H2,1-2H3. The van der Waals surface area contributed by atoms with Crippen LogP contribution in [0.3, 0.4) is 0 Å². The van der Waals surface area contributed by atoms with Gasteiger partial charge < -0.3 is 4.90 Å². The molecule has 5 heteroatoms. The summed E-state index contributed by atoms with van der Waals surface area (Å²) in [6.07, 6.45) is 1.57. The predicted molar refractivity (Wildman–Crippen MR) is 79.6 cm³/mol. The minimum absolute atomic E-state index is 0.111. The Balaban J connectivity index is 2.08. The highest BCUT2D eigenvalue weighted by molar-refractivity contribution is 5.95. The van der Waals surface area contributed by atoms with Crippen molar-refractivity contribution in [3.63, 3.8) is 0 Å². The molecule has 20 heavy (non-hydrogen) atoms. The summed E-state index contributed by atoms with van der Waals surface area (Å²) in [4.78, 5) is 16.6. The summed E-state index contributed by atoms with van der Waals surface area (Å²) in [6.45, 7) is 5.40. The van der Waals surface area contributed by atoms with Gasteiger partial charge >= 0.3 is 0 Å². The first-order chi connectivity index (χ1) is 9.65. The van der Waals surface area contributed by atoms with Gasteiger partial charge in [0.15, 0.2) is 0 Å². The molecule has 2 atom stereocenters. The number of hydrogen-bond donors (Lipinski definition) is 0. The normalized spacial score (nSPS) is 19.8. The van der Waals surface area contributed by atoms with Crippen LogP contribution in [-0.4, -0.2) is 19.0 Å². The summed E-state index contributed by atoms with van der Waals surface area (Å²) in [5.74, 6) is 0.781. The van der Waals surface area contributed by atoms with Gasteiger partial charge in [0.1, 0.15) is 0 Å². The summed E-state index contributed by atoms with van der Waals surface area (Å²) in [7, 11) is 0. The van der Waals surface area contributed by atoms with Gasteiger partial charge in [-0.05, 0) is 41.5 Å². The van der Waals surface area contributed by atoms with Crippen LogP contribution in [-0.2, 0) is 4.79 Å². The fourth-order valence-corrected chi connectivity index (χ4v) is 2.52. The minimum Gasteiger partial charge on any atom is -0.312 e. The topological polar surface area (TPSA) is 69.1 Å². The van der Waals surface area contributed by atoms with E-state index in [4.69, 9.17) is 5.53 Å². The van der Waals surface area contributed by atoms with E-state index in [2.05, 4.69) is 36.0 Å². The zero-order valence-corrected chi connectivity index (χ0v) is 12.0. The molecular weight excluding hydrogens is 252 g/mol. The predicted octanol–water partition coefficient (Wildman–Crippen LogP) is 3.86. The largest absolute Gasteiger partial charge is 0.312 e. The van der Waals surface area contributed by atoms with E-state index in [0.29, 0.717) is 25.4 Å². The lowest BCUT2D eigenvalue weighted by atomic mass is 9.98. The molecule has 2 rings (SSSR count). The van der Waals surface area contributed by atoms with E-state index in [1.54, 1.807) is 4.90 Å². The average Bonchev–Trinajstić information content (AvgIpc) is 2.85. The van der Waals surface area contributed by atoms with Gasteiger partial charge in [-0.2, -0.15) is 0 Å². The van der Waals surface area contributed by atoms with Gasteiger partial charge in [0.2, 0.25) is 5.91 Å². The summed E-state index contributed by atoms with van der Waals surface area (Å²) in [6, 6.07) is 8.21. The molecule has 0 aromatic heterocycles. The number of carbonyl (C=O) groups excluding carboxylic acids is 1. The second-order valence-corrected chi connectivity index (χ2v) is 5.39. The Morgan fingerprint density at radius 2 is 2.15 bits per heavy atom. The SMILES string of the molecule is CCC(C)c1ccc(N2CC(CN=[N+]=[N-])CC2=O)cc1. The molecular formula is C15H20N4O. The highest BCUT2D eigenvalue weighted by atomic mass is 16.2. The van der Waals surface area contributed by atoms with Crippen molar-refractivity contribution in [1.29, 1.82) is 0 Å². The number of rotatable bonds is 5. The second-order valence-electron chi connectivity index (χ2n) is 5.39. The second kappa shape index (κ2) is 6.44. The first kappa shape index (κ1) is 14.4. The zero-order valence-electron chi connectivity index (χ0n) is 12.0. The van der Waals surface area contributed by atoms with Gasteiger partial charge in [-0.15, -0.1) is 0 Å². The lowest BCUT2D eigenvalue weighted by Crippen LogP contribution is -2.24. The van der Waals surface area contributed by atoms with Crippen molar-refractivity contribution in [1.82, 2.24) is 0 Å². The first-order valence-electron chi connectivity index (χ1n) is 7.06. The Kier molecular flexibility index (Phi) is 4.64. The number of amides is 1. The third-order valence-electron chi connectivity index (χ3n) is 3.99. The van der Waals surface area contributed by atoms with Gasteiger partial charge in [0.25, 0.3) is 0 Å². The molecule has 1 aliphatic rings. The molecule has 0 spiro atoms. The van der Waals surface area contributed by atoms with Crippen LogP contribution >= 0.6 is 0 Å². The quantitative estimate of drug-likeness (QED) is 0.456. The van der Waals surface area contributed by atoms with Gasteiger partial charge in [-0.25, -0.2) is 0 Å². The molecule has 1 saturated heterocycles. The van der Waals surface area contributed by atoms with Crippen LogP contribution in [0.25, 0.3) is 10.4 Å². The van der Waals surface area contributed by atoms with Gasteiger partial charge in [0, 0.05) is 30.1 Å². The average molecular weight is 272 g/mol. The van der Waals surface area contributed by atoms with Crippen molar-refractivity contribution in [2.24, 2.45) is 11.0 Å². The highest BCUT2D eigenvalue weighted by Crippen LogP contribution is 2.27. The molecule has 106 valence electrons. The van der Waals surface area contributed by atoms with E-state index >= 15 is 0 Å². The molecule has 1 fully saturated rings. The Morgan fingerprint density at radius 3 is 2.75 bits per heavy atom. The number of hydrogen-bond acceptors (Lipinski definition) is 2. The van der Waals surface area contributed by atoms with Crippen molar-refractivity contribution in [3.05, 3.63) is 40.3 Å². The van der Waals surface area contributed by atoms with Crippen molar-refractivity contribution >= 4 is 11.6 Å². The molecule has 0 N–H and O–H groups in total. The monoisotopic (exact) mass is 272 g/mol. The van der Waals surface area contributed by atoms with Crippen LogP contribution in [0.4, 0.5) is 5.69 Å². The lowest BCUT2D eigenvalue weighted by Gasteiger charge is -2.18. The highest BCUT2D eigenvalue weighted by Gasteiger charge is 2.29. The van der Waals surface area contributed by atoms with E-state index in [-0.39, 0.29) is 11.8 Å². The van der Waals surface area contributed by atoms with E-state index < -0.39 is 0 Å². The summed E-state index contributed by atoms with van der Waals surface area (Å²) >= 11 is 0. The molecule has 1 amide bonds. The molecule has 1 aromatic rings. The smallest absolute Gasteiger partial charge is 0.227 e. The van der Waals surface area contributed by atoms with Crippen molar-refractivity contribution in [2.75, 3.05) is 18.0 Å².